The van der Waals surface area contributed by atoms with E-state index in [0.717, 1.165) is 0 Å². The van der Waals surface area contributed by atoms with E-state index in [2.05, 4.69) is 4.99 Å². The van der Waals surface area contributed by atoms with E-state index in [4.69, 9.17) is 10.2 Å². The first-order valence-corrected chi connectivity index (χ1v) is 5.49. The molecular formula is C12H17NO5. The summed E-state index contributed by atoms with van der Waals surface area (Å²) in [7, 11) is 0. The minimum absolute atomic E-state index is 0.0617. The molecule has 0 fully saturated rings. The van der Waals surface area contributed by atoms with E-state index in [1.54, 1.807) is 18.2 Å². The van der Waals surface area contributed by atoms with Gasteiger partial charge in [-0.25, -0.2) is 0 Å². The number of rotatable bonds is 6. The van der Waals surface area contributed by atoms with Crippen molar-refractivity contribution in [1.29, 1.82) is 0 Å². The molecule has 6 nitrogen and oxygen atoms in total. The summed E-state index contributed by atoms with van der Waals surface area (Å²) in [6, 6.07) is 6.54. The second-order valence-corrected chi connectivity index (χ2v) is 3.86. The SMILES string of the molecule is OC[C@@H](O)[C@@H](O)[C@H](O)CN=Cc1ccccc1O. The van der Waals surface area contributed by atoms with E-state index in [9.17, 15) is 15.3 Å². The molecule has 0 saturated carbocycles. The van der Waals surface area contributed by atoms with Gasteiger partial charge >= 0.3 is 0 Å². The molecule has 18 heavy (non-hydrogen) atoms. The zero-order valence-corrected chi connectivity index (χ0v) is 9.72. The van der Waals surface area contributed by atoms with Crippen molar-refractivity contribution in [2.45, 2.75) is 18.3 Å². The van der Waals surface area contributed by atoms with Gasteiger partial charge in [-0.2, -0.15) is 0 Å². The Labute approximate surface area is 104 Å². The summed E-state index contributed by atoms with van der Waals surface area (Å²) in [5.41, 5.74) is 0.488. The molecule has 0 bridgehead atoms. The van der Waals surface area contributed by atoms with E-state index in [1.807, 2.05) is 0 Å². The predicted molar refractivity (Wildman–Crippen MR) is 65.7 cm³/mol. The van der Waals surface area contributed by atoms with Crippen LogP contribution in [0, 0.1) is 0 Å². The number of aliphatic imine (C=N–C) groups is 1. The van der Waals surface area contributed by atoms with Crippen LogP contribution in [-0.4, -0.2) is 63.2 Å². The summed E-state index contributed by atoms with van der Waals surface area (Å²) in [4.78, 5) is 3.85. The van der Waals surface area contributed by atoms with Crippen molar-refractivity contribution in [1.82, 2.24) is 0 Å². The number of aliphatic hydroxyl groups excluding tert-OH is 4. The molecule has 0 aliphatic heterocycles. The molecule has 0 heterocycles. The smallest absolute Gasteiger partial charge is 0.124 e. The van der Waals surface area contributed by atoms with Crippen molar-refractivity contribution in [2.75, 3.05) is 13.2 Å². The fourth-order valence-electron chi connectivity index (χ4n) is 1.33. The Morgan fingerprint density at radius 1 is 1.11 bits per heavy atom. The molecule has 0 aliphatic rings. The summed E-state index contributed by atoms with van der Waals surface area (Å²) >= 11 is 0. The third-order valence-corrected chi connectivity index (χ3v) is 2.44. The Balaban J connectivity index is 2.52. The van der Waals surface area contributed by atoms with E-state index in [0.29, 0.717) is 5.56 Å². The predicted octanol–water partition coefficient (Wildman–Crippen LogP) is -1.11. The summed E-state index contributed by atoms with van der Waals surface area (Å²) in [5, 5.41) is 46.0. The summed E-state index contributed by atoms with van der Waals surface area (Å²) in [5.74, 6) is 0.0617. The lowest BCUT2D eigenvalue weighted by molar-refractivity contribution is -0.0725. The maximum absolute atomic E-state index is 9.47. The molecule has 0 aromatic heterocycles. The fraction of sp³-hybridized carbons (Fsp3) is 0.417. The maximum atomic E-state index is 9.47. The van der Waals surface area contributed by atoms with Crippen LogP contribution in [0.25, 0.3) is 0 Å². The van der Waals surface area contributed by atoms with Crippen molar-refractivity contribution in [3.05, 3.63) is 29.8 Å². The van der Waals surface area contributed by atoms with Crippen LogP contribution in [0.5, 0.6) is 5.75 Å². The van der Waals surface area contributed by atoms with Crippen LogP contribution in [0.15, 0.2) is 29.3 Å². The number of aliphatic hydroxyl groups is 4. The van der Waals surface area contributed by atoms with Crippen LogP contribution in [0.3, 0.4) is 0 Å². The van der Waals surface area contributed by atoms with E-state index < -0.39 is 24.9 Å². The summed E-state index contributed by atoms with van der Waals surface area (Å²) in [6.45, 7) is -0.784. The molecule has 0 unspecified atom stereocenters. The highest BCUT2D eigenvalue weighted by atomic mass is 16.4. The van der Waals surface area contributed by atoms with Crippen molar-refractivity contribution >= 4 is 6.21 Å². The van der Waals surface area contributed by atoms with Crippen LogP contribution in [-0.2, 0) is 0 Å². The zero-order valence-electron chi connectivity index (χ0n) is 9.72. The quantitative estimate of drug-likeness (QED) is 0.413. The molecule has 1 aromatic carbocycles. The van der Waals surface area contributed by atoms with Gasteiger partial charge < -0.3 is 25.5 Å². The van der Waals surface area contributed by atoms with Gasteiger partial charge in [-0.15, -0.1) is 0 Å². The normalized spacial score (nSPS) is 16.7. The number of hydrogen-bond acceptors (Lipinski definition) is 6. The summed E-state index contributed by atoms with van der Waals surface area (Å²) in [6.07, 6.45) is -2.79. The number of nitrogens with zero attached hydrogens (tertiary/aromatic N) is 1. The second kappa shape index (κ2) is 7.07. The molecule has 3 atom stereocenters. The second-order valence-electron chi connectivity index (χ2n) is 3.86. The molecular weight excluding hydrogens is 238 g/mol. The number of phenols is 1. The lowest BCUT2D eigenvalue weighted by Crippen LogP contribution is -2.41. The first kappa shape index (κ1) is 14.6. The number of hydrogen-bond donors (Lipinski definition) is 5. The Kier molecular flexibility index (Phi) is 5.73. The molecule has 6 heteroatoms. The molecule has 0 amide bonds. The average Bonchev–Trinajstić information content (AvgIpc) is 2.39. The van der Waals surface area contributed by atoms with Gasteiger partial charge in [0.1, 0.15) is 24.1 Å². The van der Waals surface area contributed by atoms with E-state index >= 15 is 0 Å². The largest absolute Gasteiger partial charge is 0.507 e. The molecule has 0 radical (unpaired) electrons. The topological polar surface area (TPSA) is 114 Å². The minimum Gasteiger partial charge on any atom is -0.507 e. The third-order valence-electron chi connectivity index (χ3n) is 2.44. The van der Waals surface area contributed by atoms with Crippen molar-refractivity contribution in [2.24, 2.45) is 4.99 Å². The molecule has 0 saturated heterocycles. The molecule has 5 N–H and O–H groups in total. The molecule has 1 aromatic rings. The van der Waals surface area contributed by atoms with E-state index in [-0.39, 0.29) is 12.3 Å². The van der Waals surface area contributed by atoms with Gasteiger partial charge in [0.2, 0.25) is 0 Å². The zero-order chi connectivity index (χ0) is 13.5. The first-order chi connectivity index (χ1) is 8.56. The van der Waals surface area contributed by atoms with Gasteiger partial charge in [0.15, 0.2) is 0 Å². The van der Waals surface area contributed by atoms with Crippen molar-refractivity contribution in [3.8, 4) is 5.75 Å². The number of para-hydroxylation sites is 1. The average molecular weight is 255 g/mol. The molecule has 0 aliphatic carbocycles. The molecule has 100 valence electrons. The summed E-state index contributed by atoms with van der Waals surface area (Å²) < 4.78 is 0. The van der Waals surface area contributed by atoms with Crippen LogP contribution in [0.2, 0.25) is 0 Å². The van der Waals surface area contributed by atoms with Crippen LogP contribution < -0.4 is 0 Å². The first-order valence-electron chi connectivity index (χ1n) is 5.49. The minimum atomic E-state index is -1.46. The molecule has 0 spiro atoms. The molecule has 1 rings (SSSR count). The van der Waals surface area contributed by atoms with Gasteiger partial charge in [-0.1, -0.05) is 12.1 Å². The highest BCUT2D eigenvalue weighted by molar-refractivity contribution is 5.83. The van der Waals surface area contributed by atoms with Gasteiger partial charge in [-0.3, -0.25) is 4.99 Å². The van der Waals surface area contributed by atoms with Crippen LogP contribution in [0.1, 0.15) is 5.56 Å². The van der Waals surface area contributed by atoms with Gasteiger partial charge in [0.25, 0.3) is 0 Å². The Morgan fingerprint density at radius 2 is 1.78 bits per heavy atom. The van der Waals surface area contributed by atoms with Crippen molar-refractivity contribution < 1.29 is 25.5 Å². The Bertz CT molecular complexity index is 396. The lowest BCUT2D eigenvalue weighted by Gasteiger charge is -2.19. The monoisotopic (exact) mass is 255 g/mol. The van der Waals surface area contributed by atoms with Gasteiger partial charge in [-0.05, 0) is 12.1 Å². The lowest BCUT2D eigenvalue weighted by atomic mass is 10.1. The van der Waals surface area contributed by atoms with Gasteiger partial charge in [0, 0.05) is 11.8 Å². The van der Waals surface area contributed by atoms with Crippen molar-refractivity contribution in [3.63, 3.8) is 0 Å². The van der Waals surface area contributed by atoms with Crippen LogP contribution >= 0.6 is 0 Å². The number of benzene rings is 1. The van der Waals surface area contributed by atoms with Crippen LogP contribution in [0.4, 0.5) is 0 Å². The van der Waals surface area contributed by atoms with Gasteiger partial charge in [0.05, 0.1) is 13.2 Å². The highest BCUT2D eigenvalue weighted by Gasteiger charge is 2.23. The Morgan fingerprint density at radius 3 is 2.39 bits per heavy atom. The Hall–Kier alpha value is -1.47. The third kappa shape index (κ3) is 4.08. The van der Waals surface area contributed by atoms with E-state index in [1.165, 1.54) is 12.3 Å². The fourth-order valence-corrected chi connectivity index (χ4v) is 1.33. The number of phenolic OH excluding ortho intramolecular Hbond substituents is 1. The maximum Gasteiger partial charge on any atom is 0.124 e. The highest BCUT2D eigenvalue weighted by Crippen LogP contribution is 2.12. The standard InChI is InChI=1S/C12H17NO5/c14-7-11(17)12(18)10(16)6-13-5-8-3-1-2-4-9(8)15/h1-5,10-12,14-18H,6-7H2/t10-,11-,12+/m1/s1. The number of aromatic hydroxyl groups is 1.